The Kier molecular flexibility index (Phi) is 15.7. The largest absolute Gasteiger partial charge is 0.489 e. The quantitative estimate of drug-likeness (QED) is 0.0765. The minimum Gasteiger partial charge on any atom is -0.489 e. The predicted octanol–water partition coefficient (Wildman–Crippen LogP) is 5.21. The first-order valence-corrected chi connectivity index (χ1v) is 22.6. The van der Waals surface area contributed by atoms with E-state index in [2.05, 4.69) is 70.4 Å². The minimum absolute atomic E-state index is 0.0251. The fraction of sp³-hybridized carbons (Fsp3) is 0.500. The van der Waals surface area contributed by atoms with Crippen LogP contribution in [0.3, 0.4) is 0 Å². The third-order valence-corrected chi connectivity index (χ3v) is 12.7. The van der Waals surface area contributed by atoms with E-state index in [1.807, 2.05) is 45.0 Å². The van der Waals surface area contributed by atoms with Crippen molar-refractivity contribution in [2.24, 2.45) is 16.2 Å². The molecule has 2 heterocycles. The summed E-state index contributed by atoms with van der Waals surface area (Å²) in [7, 11) is 0. The highest BCUT2D eigenvalue weighted by molar-refractivity contribution is 6.31. The Morgan fingerprint density at radius 2 is 1.70 bits per heavy atom. The average Bonchev–Trinajstić information content (AvgIpc) is 3.97. The van der Waals surface area contributed by atoms with E-state index in [4.69, 9.17) is 21.1 Å². The van der Waals surface area contributed by atoms with Crippen LogP contribution in [0.4, 0.5) is 5.69 Å². The third-order valence-electron chi connectivity index (χ3n) is 12.4. The lowest BCUT2D eigenvalue weighted by molar-refractivity contribution is -0.164. The number of hydrogen-bond acceptors (Lipinski definition) is 12. The Labute approximate surface area is 390 Å². The van der Waals surface area contributed by atoms with E-state index in [9.17, 15) is 29.5 Å². The molecule has 2 aliphatic rings. The lowest BCUT2D eigenvalue weighted by atomic mass is 9.49. The van der Waals surface area contributed by atoms with Crippen molar-refractivity contribution in [3.63, 3.8) is 0 Å². The lowest BCUT2D eigenvalue weighted by Gasteiger charge is -2.63. The zero-order valence-electron chi connectivity index (χ0n) is 38.6. The van der Waals surface area contributed by atoms with Crippen LogP contribution in [-0.4, -0.2) is 110 Å². The summed E-state index contributed by atoms with van der Waals surface area (Å²) in [5.74, 6) is -0.882. The van der Waals surface area contributed by atoms with Gasteiger partial charge in [-0.1, -0.05) is 72.2 Å². The number of tetrazole rings is 1. The van der Waals surface area contributed by atoms with Crippen LogP contribution in [0.15, 0.2) is 73.1 Å². The number of carbonyl (C=O) groups excluding carboxylic acids is 4. The predicted molar refractivity (Wildman–Crippen MR) is 248 cm³/mol. The van der Waals surface area contributed by atoms with E-state index in [0.29, 0.717) is 40.7 Å². The number of β-amino-alcohol motifs (C(OH)–C–C–N with tert-alkyl or cyclic N) is 1. The van der Waals surface area contributed by atoms with E-state index in [1.165, 1.54) is 16.0 Å². The van der Waals surface area contributed by atoms with E-state index in [-0.39, 0.29) is 55.0 Å². The number of carbonyl (C=O) groups is 4. The summed E-state index contributed by atoms with van der Waals surface area (Å²) in [5.41, 5.74) is 1.90. The molecule has 1 saturated heterocycles. The fourth-order valence-electron chi connectivity index (χ4n) is 9.12. The number of nitrogens with zero attached hydrogens (tertiary/aromatic N) is 6. The molecule has 1 aliphatic heterocycles. The Hall–Kier alpha value is -6.09. The number of nitrogens with one attached hydrogen (secondary N) is 4. The SMILES string of the molecule is CC1(C)C(NC(=O)c2ccc(NCCCCCOCC(=O)N[C@H](C(=O)N3C[C@H](O)CC3C(=O)NCc3ccc(-n4ncnn4)cc3)C(C)(C)C)cc2)C(C)(C)C1Oc1ccc(C#N)c(Cl)c1. The maximum absolute atomic E-state index is 13.9. The van der Waals surface area contributed by atoms with Gasteiger partial charge in [0.2, 0.25) is 17.7 Å². The van der Waals surface area contributed by atoms with Crippen molar-refractivity contribution in [2.75, 3.05) is 31.6 Å². The topological polar surface area (TPSA) is 226 Å². The number of ether oxygens (including phenoxy) is 2. The number of nitriles is 1. The molecule has 5 N–H and O–H groups in total. The van der Waals surface area contributed by atoms with Crippen LogP contribution in [0, 0.1) is 27.6 Å². The van der Waals surface area contributed by atoms with Gasteiger partial charge in [0.15, 0.2) is 6.33 Å². The van der Waals surface area contributed by atoms with Crippen molar-refractivity contribution in [1.82, 2.24) is 41.1 Å². The second-order valence-corrected chi connectivity index (χ2v) is 19.7. The summed E-state index contributed by atoms with van der Waals surface area (Å²) in [6.07, 6.45) is 2.76. The van der Waals surface area contributed by atoms with Crippen LogP contribution in [0.5, 0.6) is 5.75 Å². The third kappa shape index (κ3) is 11.8. The van der Waals surface area contributed by atoms with Crippen molar-refractivity contribution in [3.05, 3.63) is 94.8 Å². The van der Waals surface area contributed by atoms with Crippen molar-refractivity contribution in [2.45, 2.75) is 111 Å². The van der Waals surface area contributed by atoms with Crippen LogP contribution in [0.25, 0.3) is 5.69 Å². The minimum atomic E-state index is -0.959. The molecule has 1 saturated carbocycles. The molecule has 1 aliphatic carbocycles. The number of benzene rings is 3. The number of unbranched alkanes of at least 4 members (excludes halogenated alkanes) is 2. The van der Waals surface area contributed by atoms with Gasteiger partial charge in [0.05, 0.1) is 22.4 Å². The number of likely N-dealkylation sites (tertiary alicyclic amines) is 1. The molecule has 2 fully saturated rings. The van der Waals surface area contributed by atoms with Crippen LogP contribution in [0.1, 0.15) is 95.6 Å². The van der Waals surface area contributed by atoms with Gasteiger partial charge in [0.25, 0.3) is 5.91 Å². The van der Waals surface area contributed by atoms with Crippen LogP contribution < -0.4 is 26.0 Å². The Bertz CT molecular complexity index is 2350. The molecule has 17 nitrogen and oxygen atoms in total. The maximum Gasteiger partial charge on any atom is 0.251 e. The molecule has 0 bridgehead atoms. The Balaban J connectivity index is 0.875. The highest BCUT2D eigenvalue weighted by Crippen LogP contribution is 2.55. The summed E-state index contributed by atoms with van der Waals surface area (Å²) in [5, 5.41) is 43.9. The Morgan fingerprint density at radius 1 is 0.985 bits per heavy atom. The summed E-state index contributed by atoms with van der Waals surface area (Å²) in [6.45, 7) is 14.8. The smallest absolute Gasteiger partial charge is 0.251 e. The number of aromatic nitrogens is 4. The van der Waals surface area contributed by atoms with Gasteiger partial charge in [-0.2, -0.15) is 5.26 Å². The Morgan fingerprint density at radius 3 is 2.33 bits per heavy atom. The van der Waals surface area contributed by atoms with Crippen molar-refractivity contribution < 1.29 is 33.8 Å². The van der Waals surface area contributed by atoms with Gasteiger partial charge in [0, 0.05) is 66.9 Å². The van der Waals surface area contributed by atoms with Crippen LogP contribution in [0.2, 0.25) is 5.02 Å². The monoisotopic (exact) mass is 924 g/mol. The maximum atomic E-state index is 13.9. The molecule has 3 atom stereocenters. The summed E-state index contributed by atoms with van der Waals surface area (Å²) < 4.78 is 12.0. The second-order valence-electron chi connectivity index (χ2n) is 19.3. The summed E-state index contributed by atoms with van der Waals surface area (Å²) in [4.78, 5) is 56.4. The lowest BCUT2D eigenvalue weighted by Crippen LogP contribution is -2.74. The van der Waals surface area contributed by atoms with Crippen molar-refractivity contribution in [1.29, 1.82) is 5.26 Å². The number of anilines is 1. The van der Waals surface area contributed by atoms with Gasteiger partial charge in [-0.3, -0.25) is 19.2 Å². The molecule has 4 aromatic rings. The van der Waals surface area contributed by atoms with E-state index in [0.717, 1.165) is 30.5 Å². The number of halogens is 1. The van der Waals surface area contributed by atoms with E-state index in [1.54, 1.807) is 42.5 Å². The normalized spacial score (nSPS) is 20.0. The first-order valence-electron chi connectivity index (χ1n) is 22.3. The molecule has 6 rings (SSSR count). The number of aliphatic hydroxyl groups excluding tert-OH is 1. The van der Waals surface area contributed by atoms with E-state index >= 15 is 0 Å². The molecule has 0 radical (unpaired) electrons. The number of rotatable bonds is 19. The molecule has 1 unspecified atom stereocenters. The fourth-order valence-corrected chi connectivity index (χ4v) is 9.33. The molecule has 1 aromatic heterocycles. The van der Waals surface area contributed by atoms with Gasteiger partial charge >= 0.3 is 0 Å². The first-order chi connectivity index (χ1) is 31.3. The number of hydrogen-bond donors (Lipinski definition) is 5. The summed E-state index contributed by atoms with van der Waals surface area (Å²) in [6, 6.07) is 19.7. The van der Waals surface area contributed by atoms with Gasteiger partial charge < -0.3 is 40.7 Å². The molecule has 18 heteroatoms. The van der Waals surface area contributed by atoms with Gasteiger partial charge in [-0.15, -0.1) is 15.0 Å². The molecule has 66 heavy (non-hydrogen) atoms. The zero-order chi connectivity index (χ0) is 47.8. The van der Waals surface area contributed by atoms with Crippen molar-refractivity contribution >= 4 is 40.9 Å². The van der Waals surface area contributed by atoms with Crippen molar-refractivity contribution in [3.8, 4) is 17.5 Å². The molecule has 352 valence electrons. The van der Waals surface area contributed by atoms with Gasteiger partial charge in [-0.25, -0.2) is 0 Å². The second kappa shape index (κ2) is 21.0. The molecular weight excluding hydrogens is 864 g/mol. The number of amides is 4. The summed E-state index contributed by atoms with van der Waals surface area (Å²) >= 11 is 6.23. The average molecular weight is 926 g/mol. The molecular formula is C48H61ClN10O7. The first kappa shape index (κ1) is 49.3. The van der Waals surface area contributed by atoms with Gasteiger partial charge in [0.1, 0.15) is 36.6 Å². The number of aliphatic hydroxyl groups is 1. The highest BCUT2D eigenvalue weighted by atomic mass is 35.5. The molecule has 0 spiro atoms. The zero-order valence-corrected chi connectivity index (χ0v) is 39.4. The standard InChI is InChI=1S/C48H61ClN10O7/c1-46(2,3)40(43(64)58-27-35(60)23-38(58)42(63)52-26-30-11-18-34(19-12-30)59-54-29-53-57-59)55-39(61)28-65-22-10-8-9-21-51-33-16-13-31(14-17-33)41(62)56-44-47(4,5)45(48(44,6)7)66-36-20-15-32(25-50)37(49)24-36/h11-20,24,29,35,38,40,44-45,51,60H,8-10,21-23,26-28H2,1-7H3,(H,52,63)(H,55,61)(H,56,62)/t35-,38?,40-,44?,45?/m1/s1. The molecule has 3 aromatic carbocycles. The van der Waals surface area contributed by atoms with Gasteiger partial charge in [-0.05, 0) is 84.0 Å². The van der Waals surface area contributed by atoms with Crippen LogP contribution >= 0.6 is 11.6 Å². The molecule has 4 amide bonds. The van der Waals surface area contributed by atoms with Crippen LogP contribution in [-0.2, 0) is 25.7 Å². The van der Waals surface area contributed by atoms with E-state index < -0.39 is 41.3 Å². The highest BCUT2D eigenvalue weighted by Gasteiger charge is 2.64.